The number of aromatic nitrogens is 2. The van der Waals surface area contributed by atoms with E-state index in [0.29, 0.717) is 11.6 Å². The third-order valence-corrected chi connectivity index (χ3v) is 6.55. The molecule has 1 aliphatic heterocycles. The van der Waals surface area contributed by atoms with E-state index >= 15 is 0 Å². The van der Waals surface area contributed by atoms with Crippen LogP contribution in [0.25, 0.3) is 10.9 Å². The van der Waals surface area contributed by atoms with Crippen molar-refractivity contribution in [2.24, 2.45) is 5.92 Å². The summed E-state index contributed by atoms with van der Waals surface area (Å²) in [6, 6.07) is 8.08. The lowest BCUT2D eigenvalue weighted by atomic mass is 9.99. The number of para-hydroxylation sites is 1. The second kappa shape index (κ2) is 8.59. The molecule has 29 heavy (non-hydrogen) atoms. The van der Waals surface area contributed by atoms with Gasteiger partial charge in [0.1, 0.15) is 0 Å². The molecule has 1 aliphatic rings. The topological polar surface area (TPSA) is 58.1 Å². The summed E-state index contributed by atoms with van der Waals surface area (Å²) >= 11 is 1.50. The van der Waals surface area contributed by atoms with Gasteiger partial charge in [0, 0.05) is 29.5 Å². The molecule has 2 aromatic heterocycles. The largest absolute Gasteiger partial charge is 0.302 e. The molecular formula is C23H28N4OS. The average molecular weight is 409 g/mol. The molecule has 5 nitrogen and oxygen atoms in total. The number of amides is 1. The number of nitrogens with one attached hydrogen (secondary N) is 1. The van der Waals surface area contributed by atoms with Crippen LogP contribution in [-0.4, -0.2) is 33.9 Å². The quantitative estimate of drug-likeness (QED) is 0.664. The maximum absolute atomic E-state index is 12.7. The number of likely N-dealkylation sites (tertiary alicyclic amines) is 1. The molecule has 0 aliphatic carbocycles. The summed E-state index contributed by atoms with van der Waals surface area (Å²) in [5.74, 6) is 0.712. The Morgan fingerprint density at radius 2 is 2.10 bits per heavy atom. The molecule has 0 spiro atoms. The van der Waals surface area contributed by atoms with E-state index in [0.717, 1.165) is 59.0 Å². The first-order valence-corrected chi connectivity index (χ1v) is 11.2. The number of nitrogens with zero attached hydrogens (tertiary/aromatic N) is 3. The molecule has 1 aromatic carbocycles. The van der Waals surface area contributed by atoms with E-state index in [1.54, 1.807) is 0 Å². The van der Waals surface area contributed by atoms with Crippen LogP contribution in [0.2, 0.25) is 0 Å². The van der Waals surface area contributed by atoms with Crippen molar-refractivity contribution in [1.82, 2.24) is 14.9 Å². The van der Waals surface area contributed by atoms with Gasteiger partial charge >= 0.3 is 0 Å². The zero-order valence-electron chi connectivity index (χ0n) is 17.4. The summed E-state index contributed by atoms with van der Waals surface area (Å²) in [6.07, 6.45) is 2.89. The predicted octanol–water partition coefficient (Wildman–Crippen LogP) is 4.72. The standard InChI is InChI=1S/C23H28N4OS/c1-15-7-6-10-27(12-15)13-18-14-29-23(25-18)26-22(28)11-20-16(2)19-8-4-5-9-21(19)24-17(20)3/h4-5,8-9,14-15H,6-7,10-13H2,1-3H3,(H,25,26,28). The molecule has 0 radical (unpaired) electrons. The minimum Gasteiger partial charge on any atom is -0.302 e. The lowest BCUT2D eigenvalue weighted by Crippen LogP contribution is -2.33. The molecule has 1 unspecified atom stereocenters. The maximum Gasteiger partial charge on any atom is 0.230 e. The number of rotatable bonds is 5. The zero-order valence-corrected chi connectivity index (χ0v) is 18.2. The van der Waals surface area contributed by atoms with Crippen LogP contribution in [-0.2, 0) is 17.8 Å². The molecule has 4 rings (SSSR count). The summed E-state index contributed by atoms with van der Waals surface area (Å²) in [7, 11) is 0. The Morgan fingerprint density at radius 3 is 2.93 bits per heavy atom. The number of hydrogen-bond donors (Lipinski definition) is 1. The van der Waals surface area contributed by atoms with E-state index in [2.05, 4.69) is 45.5 Å². The highest BCUT2D eigenvalue weighted by molar-refractivity contribution is 7.13. The molecular weight excluding hydrogens is 380 g/mol. The van der Waals surface area contributed by atoms with Gasteiger partial charge in [0.2, 0.25) is 5.91 Å². The summed E-state index contributed by atoms with van der Waals surface area (Å²) < 4.78 is 0. The van der Waals surface area contributed by atoms with E-state index in [4.69, 9.17) is 0 Å². The van der Waals surface area contributed by atoms with Gasteiger partial charge in [0.15, 0.2) is 5.13 Å². The molecule has 6 heteroatoms. The molecule has 1 N–H and O–H groups in total. The van der Waals surface area contributed by atoms with Crippen molar-refractivity contribution in [1.29, 1.82) is 0 Å². The van der Waals surface area contributed by atoms with Gasteiger partial charge in [-0.15, -0.1) is 11.3 Å². The Labute approximate surface area is 176 Å². The minimum absolute atomic E-state index is 0.0409. The number of carbonyl (C=O) groups excluding carboxylic acids is 1. The Bertz CT molecular complexity index is 1030. The highest BCUT2D eigenvalue weighted by Crippen LogP contribution is 2.24. The SMILES string of the molecule is Cc1nc2ccccc2c(C)c1CC(=O)Nc1nc(CN2CCCC(C)C2)cs1. The van der Waals surface area contributed by atoms with E-state index in [9.17, 15) is 4.79 Å². The number of pyridine rings is 1. The lowest BCUT2D eigenvalue weighted by Gasteiger charge is -2.30. The molecule has 3 aromatic rings. The first kappa shape index (κ1) is 20.0. The molecule has 152 valence electrons. The number of thiazole rings is 1. The summed E-state index contributed by atoms with van der Waals surface area (Å²) in [6.45, 7) is 9.49. The van der Waals surface area contributed by atoms with Crippen LogP contribution in [0.5, 0.6) is 0 Å². The van der Waals surface area contributed by atoms with Crippen LogP contribution >= 0.6 is 11.3 Å². The first-order valence-electron chi connectivity index (χ1n) is 10.3. The van der Waals surface area contributed by atoms with Crippen LogP contribution in [0.1, 0.15) is 42.3 Å². The number of benzene rings is 1. The van der Waals surface area contributed by atoms with Crippen LogP contribution < -0.4 is 5.32 Å². The van der Waals surface area contributed by atoms with Gasteiger partial charge in [0.25, 0.3) is 0 Å². The van der Waals surface area contributed by atoms with Gasteiger partial charge in [-0.3, -0.25) is 14.7 Å². The Kier molecular flexibility index (Phi) is 5.92. The van der Waals surface area contributed by atoms with Gasteiger partial charge in [-0.25, -0.2) is 4.98 Å². The van der Waals surface area contributed by atoms with E-state index in [1.165, 1.54) is 24.2 Å². The Morgan fingerprint density at radius 1 is 1.28 bits per heavy atom. The van der Waals surface area contributed by atoms with Crippen LogP contribution in [0.4, 0.5) is 5.13 Å². The summed E-state index contributed by atoms with van der Waals surface area (Å²) in [5, 5.41) is 6.82. The number of piperidine rings is 1. The maximum atomic E-state index is 12.7. The molecule has 1 saturated heterocycles. The number of carbonyl (C=O) groups is 1. The smallest absolute Gasteiger partial charge is 0.230 e. The third-order valence-electron chi connectivity index (χ3n) is 5.75. The van der Waals surface area contributed by atoms with Crippen LogP contribution in [0.15, 0.2) is 29.6 Å². The van der Waals surface area contributed by atoms with Gasteiger partial charge in [0.05, 0.1) is 17.6 Å². The zero-order chi connectivity index (χ0) is 20.4. The van der Waals surface area contributed by atoms with Crippen LogP contribution in [0.3, 0.4) is 0 Å². The van der Waals surface area contributed by atoms with E-state index < -0.39 is 0 Å². The average Bonchev–Trinajstić information content (AvgIpc) is 3.12. The van der Waals surface area contributed by atoms with Gasteiger partial charge in [-0.2, -0.15) is 0 Å². The lowest BCUT2D eigenvalue weighted by molar-refractivity contribution is -0.115. The summed E-state index contributed by atoms with van der Waals surface area (Å²) in [4.78, 5) is 24.5. The van der Waals surface area contributed by atoms with Crippen molar-refractivity contribution in [2.75, 3.05) is 18.4 Å². The normalized spacial score (nSPS) is 17.6. The fourth-order valence-electron chi connectivity index (χ4n) is 4.25. The predicted molar refractivity (Wildman–Crippen MR) is 119 cm³/mol. The number of hydrogen-bond acceptors (Lipinski definition) is 5. The molecule has 1 fully saturated rings. The van der Waals surface area contributed by atoms with E-state index in [1.807, 2.05) is 25.1 Å². The molecule has 1 atom stereocenters. The van der Waals surface area contributed by atoms with Gasteiger partial charge < -0.3 is 5.32 Å². The number of fused-ring (bicyclic) bond motifs is 1. The van der Waals surface area contributed by atoms with E-state index in [-0.39, 0.29) is 5.91 Å². The first-order chi connectivity index (χ1) is 14.0. The minimum atomic E-state index is -0.0409. The highest BCUT2D eigenvalue weighted by atomic mass is 32.1. The number of aryl methyl sites for hydroxylation is 2. The van der Waals surface area contributed by atoms with Gasteiger partial charge in [-0.1, -0.05) is 25.1 Å². The van der Waals surface area contributed by atoms with Crippen LogP contribution in [0, 0.1) is 19.8 Å². The second-order valence-electron chi connectivity index (χ2n) is 8.17. The third kappa shape index (κ3) is 4.65. The fraction of sp³-hybridized carbons (Fsp3) is 0.435. The van der Waals surface area contributed by atoms with Crippen molar-refractivity contribution in [3.63, 3.8) is 0 Å². The van der Waals surface area contributed by atoms with Gasteiger partial charge in [-0.05, 0) is 56.3 Å². The van der Waals surface area contributed by atoms with Crippen molar-refractivity contribution in [3.8, 4) is 0 Å². The monoisotopic (exact) mass is 408 g/mol. The second-order valence-corrected chi connectivity index (χ2v) is 9.03. The summed E-state index contributed by atoms with van der Waals surface area (Å²) in [5.41, 5.74) is 5.06. The fourth-order valence-corrected chi connectivity index (χ4v) is 4.97. The molecule has 1 amide bonds. The van der Waals surface area contributed by atoms with Crippen molar-refractivity contribution >= 4 is 33.3 Å². The molecule has 3 heterocycles. The van der Waals surface area contributed by atoms with Crippen molar-refractivity contribution < 1.29 is 4.79 Å². The highest BCUT2D eigenvalue weighted by Gasteiger charge is 2.18. The molecule has 0 bridgehead atoms. The Balaban J connectivity index is 1.42. The van der Waals surface area contributed by atoms with Crippen molar-refractivity contribution in [2.45, 2.75) is 46.6 Å². The molecule has 0 saturated carbocycles. The van der Waals surface area contributed by atoms with Crippen molar-refractivity contribution in [3.05, 3.63) is 52.2 Å². The number of anilines is 1. The Hall–Kier alpha value is -2.31.